The molecule has 1 amide bonds. The lowest BCUT2D eigenvalue weighted by atomic mass is 10.1. The summed E-state index contributed by atoms with van der Waals surface area (Å²) in [6, 6.07) is 8.00. The zero-order valence-corrected chi connectivity index (χ0v) is 14.4. The van der Waals surface area contributed by atoms with Crippen LogP contribution in [0.1, 0.15) is 16.1 Å². The van der Waals surface area contributed by atoms with Crippen LogP contribution in [0, 0.1) is 0 Å². The van der Waals surface area contributed by atoms with Crippen LogP contribution in [0.4, 0.5) is 8.78 Å². The molecule has 1 fully saturated rings. The molecule has 0 N–H and O–H groups in total. The number of hydrogen-bond donors (Lipinski definition) is 0. The van der Waals surface area contributed by atoms with E-state index in [1.54, 1.807) is 11.2 Å². The molecule has 2 aromatic rings. The van der Waals surface area contributed by atoms with Crippen LogP contribution in [-0.4, -0.2) is 55.6 Å². The van der Waals surface area contributed by atoms with E-state index >= 15 is 0 Å². The van der Waals surface area contributed by atoms with Crippen molar-refractivity contribution < 1.29 is 27.5 Å². The van der Waals surface area contributed by atoms with Crippen LogP contribution in [0.15, 0.2) is 41.0 Å². The monoisotopic (exact) mass is 366 g/mol. The molecule has 0 radical (unpaired) electrons. The van der Waals surface area contributed by atoms with E-state index in [0.29, 0.717) is 25.2 Å². The fourth-order valence-electron chi connectivity index (χ4n) is 2.91. The van der Waals surface area contributed by atoms with Gasteiger partial charge in [-0.1, -0.05) is 0 Å². The Hall–Kier alpha value is -2.61. The van der Waals surface area contributed by atoms with Gasteiger partial charge in [0.2, 0.25) is 0 Å². The van der Waals surface area contributed by atoms with Gasteiger partial charge in [-0.2, -0.15) is 8.78 Å². The zero-order valence-electron chi connectivity index (χ0n) is 14.4. The van der Waals surface area contributed by atoms with Crippen molar-refractivity contribution in [2.75, 3.05) is 33.3 Å². The summed E-state index contributed by atoms with van der Waals surface area (Å²) in [6.07, 6.45) is 1.64. The number of rotatable bonds is 6. The normalized spacial score (nSPS) is 15.3. The van der Waals surface area contributed by atoms with E-state index in [9.17, 15) is 13.6 Å². The molecular formula is C18H20F2N2O4. The molecule has 6 nitrogen and oxygen atoms in total. The van der Waals surface area contributed by atoms with Gasteiger partial charge in [0, 0.05) is 31.7 Å². The van der Waals surface area contributed by atoms with Gasteiger partial charge in [-0.05, 0) is 30.3 Å². The number of piperazine rings is 1. The number of nitrogens with zero attached hydrogens (tertiary/aromatic N) is 2. The summed E-state index contributed by atoms with van der Waals surface area (Å²) >= 11 is 0. The fourth-order valence-corrected chi connectivity index (χ4v) is 2.91. The lowest BCUT2D eigenvalue weighted by molar-refractivity contribution is -0.0512. The second kappa shape index (κ2) is 8.18. The van der Waals surface area contributed by atoms with E-state index in [1.165, 1.54) is 25.3 Å². The smallest absolute Gasteiger partial charge is 0.387 e. The van der Waals surface area contributed by atoms with Crippen LogP contribution in [0.25, 0.3) is 0 Å². The molecule has 1 aliphatic rings. The van der Waals surface area contributed by atoms with Gasteiger partial charge in [-0.25, -0.2) is 0 Å². The summed E-state index contributed by atoms with van der Waals surface area (Å²) in [4.78, 5) is 16.6. The van der Waals surface area contributed by atoms with Crippen molar-refractivity contribution in [3.8, 4) is 11.5 Å². The van der Waals surface area contributed by atoms with Gasteiger partial charge < -0.3 is 18.8 Å². The van der Waals surface area contributed by atoms with Crippen molar-refractivity contribution in [2.45, 2.75) is 13.2 Å². The minimum Gasteiger partial charge on any atom is -0.493 e. The molecule has 0 bridgehead atoms. The number of hydrogen-bond acceptors (Lipinski definition) is 5. The highest BCUT2D eigenvalue weighted by Gasteiger charge is 2.23. The molecule has 0 spiro atoms. The van der Waals surface area contributed by atoms with Crippen LogP contribution < -0.4 is 9.47 Å². The molecule has 0 unspecified atom stereocenters. The summed E-state index contributed by atoms with van der Waals surface area (Å²) in [7, 11) is 1.34. The fraction of sp³-hybridized carbons (Fsp3) is 0.389. The summed E-state index contributed by atoms with van der Waals surface area (Å²) in [6.45, 7) is 0.385. The van der Waals surface area contributed by atoms with Crippen LogP contribution >= 0.6 is 0 Å². The van der Waals surface area contributed by atoms with Gasteiger partial charge in [0.25, 0.3) is 5.91 Å². The summed E-state index contributed by atoms with van der Waals surface area (Å²) in [5.41, 5.74) is 0.378. The molecule has 8 heteroatoms. The van der Waals surface area contributed by atoms with E-state index < -0.39 is 6.61 Å². The lowest BCUT2D eigenvalue weighted by Gasteiger charge is -2.34. The Bertz CT molecular complexity index is 729. The molecule has 1 saturated heterocycles. The number of methoxy groups -OCH3 is 1. The number of amides is 1. The highest BCUT2D eigenvalue weighted by atomic mass is 19.3. The maximum atomic E-state index is 12.7. The van der Waals surface area contributed by atoms with Gasteiger partial charge in [-0.3, -0.25) is 9.69 Å². The largest absolute Gasteiger partial charge is 0.493 e. The van der Waals surface area contributed by atoms with Crippen molar-refractivity contribution in [3.05, 3.63) is 47.9 Å². The molecule has 140 valence electrons. The van der Waals surface area contributed by atoms with E-state index in [-0.39, 0.29) is 17.4 Å². The maximum Gasteiger partial charge on any atom is 0.387 e. The summed E-state index contributed by atoms with van der Waals surface area (Å²) in [5.74, 6) is 0.739. The van der Waals surface area contributed by atoms with E-state index in [2.05, 4.69) is 9.64 Å². The highest BCUT2D eigenvalue weighted by Crippen LogP contribution is 2.30. The van der Waals surface area contributed by atoms with Crippen molar-refractivity contribution >= 4 is 5.91 Å². The molecule has 2 heterocycles. The first-order valence-corrected chi connectivity index (χ1v) is 8.23. The first-order chi connectivity index (χ1) is 12.6. The van der Waals surface area contributed by atoms with Gasteiger partial charge in [-0.15, -0.1) is 0 Å². The van der Waals surface area contributed by atoms with Gasteiger partial charge in [0.15, 0.2) is 11.5 Å². The SMILES string of the molecule is COc1cc(C(=O)N2CCN(Cc3ccco3)CC2)ccc1OC(F)F. The van der Waals surface area contributed by atoms with Gasteiger partial charge >= 0.3 is 6.61 Å². The summed E-state index contributed by atoms with van der Waals surface area (Å²) < 4.78 is 39.6. The van der Waals surface area contributed by atoms with E-state index in [1.807, 2.05) is 12.1 Å². The average molecular weight is 366 g/mol. The Morgan fingerprint density at radius 1 is 1.19 bits per heavy atom. The number of carbonyl (C=O) groups excluding carboxylic acids is 1. The summed E-state index contributed by atoms with van der Waals surface area (Å²) in [5, 5.41) is 0. The van der Waals surface area contributed by atoms with Crippen LogP contribution in [0.5, 0.6) is 11.5 Å². The molecule has 0 saturated carbocycles. The number of benzene rings is 1. The van der Waals surface area contributed by atoms with Crippen molar-refractivity contribution in [2.24, 2.45) is 0 Å². The molecule has 0 aliphatic carbocycles. The third-order valence-corrected chi connectivity index (χ3v) is 4.25. The Balaban J connectivity index is 1.61. The first kappa shape index (κ1) is 18.2. The number of halogens is 2. The molecule has 0 atom stereocenters. The predicted octanol–water partition coefficient (Wildman–Crippen LogP) is 2.85. The van der Waals surface area contributed by atoms with E-state index in [4.69, 9.17) is 9.15 Å². The number of furan rings is 1. The third-order valence-electron chi connectivity index (χ3n) is 4.25. The zero-order chi connectivity index (χ0) is 18.5. The standard InChI is InChI=1S/C18H20F2N2O4/c1-24-16-11-13(4-5-15(16)26-18(19)20)17(23)22-8-6-21(7-9-22)12-14-3-2-10-25-14/h2-5,10-11,18H,6-9,12H2,1H3. The Kier molecular flexibility index (Phi) is 5.72. The molecule has 26 heavy (non-hydrogen) atoms. The van der Waals surface area contributed by atoms with E-state index in [0.717, 1.165) is 18.8 Å². The molecule has 3 rings (SSSR count). The second-order valence-electron chi connectivity index (χ2n) is 5.89. The van der Waals surface area contributed by atoms with Crippen LogP contribution in [0.2, 0.25) is 0 Å². The maximum absolute atomic E-state index is 12.7. The highest BCUT2D eigenvalue weighted by molar-refractivity contribution is 5.95. The second-order valence-corrected chi connectivity index (χ2v) is 5.89. The Labute approximate surface area is 149 Å². The predicted molar refractivity (Wildman–Crippen MR) is 89.5 cm³/mol. The molecule has 1 aromatic heterocycles. The topological polar surface area (TPSA) is 55.2 Å². The average Bonchev–Trinajstić information content (AvgIpc) is 3.14. The minimum absolute atomic E-state index is 0.0951. The number of ether oxygens (including phenoxy) is 2. The quantitative estimate of drug-likeness (QED) is 0.787. The van der Waals surface area contributed by atoms with Crippen LogP contribution in [0.3, 0.4) is 0 Å². The number of carbonyl (C=O) groups is 1. The van der Waals surface area contributed by atoms with Crippen molar-refractivity contribution in [1.29, 1.82) is 0 Å². The first-order valence-electron chi connectivity index (χ1n) is 8.23. The Morgan fingerprint density at radius 2 is 1.96 bits per heavy atom. The minimum atomic E-state index is -2.95. The van der Waals surface area contributed by atoms with Gasteiger partial charge in [0.05, 0.1) is 19.9 Å². The Morgan fingerprint density at radius 3 is 2.58 bits per heavy atom. The lowest BCUT2D eigenvalue weighted by Crippen LogP contribution is -2.48. The third kappa shape index (κ3) is 4.32. The van der Waals surface area contributed by atoms with Gasteiger partial charge in [0.1, 0.15) is 5.76 Å². The molecule has 1 aliphatic heterocycles. The van der Waals surface area contributed by atoms with Crippen LogP contribution in [-0.2, 0) is 6.54 Å². The van der Waals surface area contributed by atoms with Crippen molar-refractivity contribution in [3.63, 3.8) is 0 Å². The number of alkyl halides is 2. The van der Waals surface area contributed by atoms with Crippen molar-refractivity contribution in [1.82, 2.24) is 9.80 Å². The molecule has 1 aromatic carbocycles. The molecular weight excluding hydrogens is 346 g/mol.